The Morgan fingerprint density at radius 3 is 1.44 bits per heavy atom. The molecule has 0 spiro atoms. The lowest BCUT2D eigenvalue weighted by Crippen LogP contribution is -2.29. The van der Waals surface area contributed by atoms with Crippen LogP contribution in [0.15, 0.2) is 24.3 Å². The lowest BCUT2D eigenvalue weighted by atomic mass is 10.0. The molecule has 0 bridgehead atoms. The van der Waals surface area contributed by atoms with E-state index in [-0.39, 0.29) is 19.4 Å². The highest BCUT2D eigenvalue weighted by Crippen LogP contribution is 2.43. The van der Waals surface area contributed by atoms with Crippen LogP contribution in [0.3, 0.4) is 0 Å². The van der Waals surface area contributed by atoms with Gasteiger partial charge in [0, 0.05) is 12.8 Å². The van der Waals surface area contributed by atoms with Crippen molar-refractivity contribution in [2.24, 2.45) is 0 Å². The topological polar surface area (TPSA) is 149 Å². The van der Waals surface area contributed by atoms with Crippen LogP contribution in [0.5, 0.6) is 0 Å². The van der Waals surface area contributed by atoms with Gasteiger partial charge in [0.05, 0.1) is 19.8 Å². The molecule has 0 aromatic carbocycles. The zero-order valence-corrected chi connectivity index (χ0v) is 36.0. The first-order valence-corrected chi connectivity index (χ1v) is 23.8. The Morgan fingerprint density at radius 1 is 0.545 bits per heavy atom. The van der Waals surface area contributed by atoms with Crippen molar-refractivity contribution in [2.45, 2.75) is 219 Å². The molecule has 0 saturated carbocycles. The lowest BCUT2D eigenvalue weighted by Gasteiger charge is -2.20. The average Bonchev–Trinajstić information content (AvgIpc) is 3.17. The third-order valence-corrected chi connectivity index (χ3v) is 10.6. The Morgan fingerprint density at radius 2 is 0.945 bits per heavy atom. The minimum Gasteiger partial charge on any atom is -0.462 e. The summed E-state index contributed by atoms with van der Waals surface area (Å²) in [6.45, 7) is 2.37. The number of carbonyl (C=O) groups excluding carboxylic acids is 2. The summed E-state index contributed by atoms with van der Waals surface area (Å²) in [4.78, 5) is 35.0. The molecule has 0 amide bonds. The number of hydrogen-bond donors (Lipinski definition) is 3. The first-order chi connectivity index (χ1) is 26.7. The van der Waals surface area contributed by atoms with Gasteiger partial charge in [-0.15, -0.1) is 0 Å². The minimum atomic E-state index is -4.61. The molecule has 0 aromatic heterocycles. The monoisotopic (exact) mass is 803 g/mol. The summed E-state index contributed by atoms with van der Waals surface area (Å²) in [5, 5.41) is 18.3. The van der Waals surface area contributed by atoms with Crippen LogP contribution in [-0.4, -0.2) is 65.7 Å². The summed E-state index contributed by atoms with van der Waals surface area (Å²) in [5.74, 6) is -0.922. The molecule has 0 aromatic rings. The van der Waals surface area contributed by atoms with Crippen LogP contribution in [0.1, 0.15) is 206 Å². The van der Waals surface area contributed by atoms with E-state index in [9.17, 15) is 24.2 Å². The maximum absolute atomic E-state index is 12.6. The predicted octanol–water partition coefficient (Wildman–Crippen LogP) is 11.8. The maximum atomic E-state index is 12.6. The van der Waals surface area contributed by atoms with Crippen molar-refractivity contribution in [3.63, 3.8) is 0 Å². The van der Waals surface area contributed by atoms with Crippen molar-refractivity contribution >= 4 is 19.8 Å². The van der Waals surface area contributed by atoms with Crippen LogP contribution in [-0.2, 0) is 32.7 Å². The smallest absolute Gasteiger partial charge is 0.462 e. The fraction of sp³-hybridized carbons (Fsp3) is 0.864. The third kappa shape index (κ3) is 40.4. The van der Waals surface area contributed by atoms with E-state index in [2.05, 4.69) is 38.2 Å². The van der Waals surface area contributed by atoms with Gasteiger partial charge >= 0.3 is 19.8 Å². The Labute approximate surface area is 336 Å². The number of aliphatic hydroxyl groups is 2. The van der Waals surface area contributed by atoms with Gasteiger partial charge in [0.2, 0.25) is 0 Å². The summed E-state index contributed by atoms with van der Waals surface area (Å²) < 4.78 is 32.7. The number of aliphatic hydroxyl groups excluding tert-OH is 2. The Hall–Kier alpha value is -1.55. The van der Waals surface area contributed by atoms with Gasteiger partial charge in [-0.25, -0.2) is 4.57 Å². The lowest BCUT2D eigenvalue weighted by molar-refractivity contribution is -0.161. The second-order valence-electron chi connectivity index (χ2n) is 15.1. The van der Waals surface area contributed by atoms with Crippen molar-refractivity contribution in [3.8, 4) is 0 Å². The molecule has 0 radical (unpaired) electrons. The number of allylic oxidation sites excluding steroid dienone is 4. The minimum absolute atomic E-state index is 0.187. The number of ether oxygens (including phenoxy) is 2. The van der Waals surface area contributed by atoms with Gasteiger partial charge in [-0.2, -0.15) is 0 Å². The third-order valence-electron chi connectivity index (χ3n) is 9.61. The van der Waals surface area contributed by atoms with E-state index in [0.717, 1.165) is 51.4 Å². The fourth-order valence-electron chi connectivity index (χ4n) is 6.14. The van der Waals surface area contributed by atoms with Crippen LogP contribution in [0, 0.1) is 0 Å². The number of esters is 2. The molecular formula is C44H83O10P. The van der Waals surface area contributed by atoms with Gasteiger partial charge in [-0.3, -0.25) is 18.6 Å². The molecule has 0 saturated heterocycles. The average molecular weight is 803 g/mol. The number of unbranched alkanes of at least 4 members (excludes halogenated alkanes) is 24. The molecule has 0 aliphatic carbocycles. The van der Waals surface area contributed by atoms with Crippen LogP contribution < -0.4 is 0 Å². The maximum Gasteiger partial charge on any atom is 0.472 e. The van der Waals surface area contributed by atoms with Gasteiger partial charge in [-0.05, 0) is 44.9 Å². The van der Waals surface area contributed by atoms with Crippen molar-refractivity contribution in [1.82, 2.24) is 0 Å². The molecule has 324 valence electrons. The SMILES string of the molecule is CCCCC/C=C/C/C=C/CCCCCCCCCCCC(=O)OC[C@@H](COP(=O)(O)OC[C@H](O)CO)OC(=O)CCCCCCCCCCCCCCC. The normalized spacial score (nSPS) is 14.1. The van der Waals surface area contributed by atoms with Gasteiger partial charge in [0.1, 0.15) is 12.7 Å². The molecule has 0 aliphatic heterocycles. The molecule has 0 heterocycles. The predicted molar refractivity (Wildman–Crippen MR) is 224 cm³/mol. The summed E-state index contributed by atoms with van der Waals surface area (Å²) in [7, 11) is -4.61. The molecule has 1 unspecified atom stereocenters. The Bertz CT molecular complexity index is 972. The van der Waals surface area contributed by atoms with Crippen molar-refractivity contribution in [3.05, 3.63) is 24.3 Å². The van der Waals surface area contributed by atoms with Gasteiger partial charge in [0.25, 0.3) is 0 Å². The summed E-state index contributed by atoms with van der Waals surface area (Å²) in [6.07, 6.45) is 39.9. The molecule has 11 heteroatoms. The zero-order chi connectivity index (χ0) is 40.5. The number of phosphoric acid groups is 1. The second-order valence-corrected chi connectivity index (χ2v) is 16.5. The quantitative estimate of drug-likeness (QED) is 0.0236. The van der Waals surface area contributed by atoms with Crippen LogP contribution in [0.2, 0.25) is 0 Å². The second kappa shape index (κ2) is 40.6. The molecule has 0 aliphatic rings. The van der Waals surface area contributed by atoms with E-state index in [0.29, 0.717) is 12.8 Å². The number of carbonyl (C=O) groups is 2. The van der Waals surface area contributed by atoms with Crippen molar-refractivity contribution < 1.29 is 47.8 Å². The van der Waals surface area contributed by atoms with Crippen molar-refractivity contribution in [1.29, 1.82) is 0 Å². The summed E-state index contributed by atoms with van der Waals surface area (Å²) in [5.41, 5.74) is 0. The first kappa shape index (κ1) is 53.5. The standard InChI is InChI=1S/C44H83O10P/c1-3-5-7-9-11-13-15-17-18-19-20-21-22-24-25-27-29-31-33-35-43(47)51-39-42(40-53-55(49,50)52-38-41(46)37-45)54-44(48)36-34-32-30-28-26-23-16-14-12-10-8-6-4-2/h11,13,17-18,41-42,45-46H,3-10,12,14-16,19-40H2,1-2H3,(H,49,50)/b13-11+,18-17+/t41-,42+/m1/s1. The van der Waals surface area contributed by atoms with E-state index in [1.807, 2.05) is 0 Å². The first-order valence-electron chi connectivity index (χ1n) is 22.3. The summed E-state index contributed by atoms with van der Waals surface area (Å²) in [6, 6.07) is 0. The van der Waals surface area contributed by atoms with E-state index in [4.69, 9.17) is 23.6 Å². The molecule has 10 nitrogen and oxygen atoms in total. The van der Waals surface area contributed by atoms with Crippen LogP contribution in [0.4, 0.5) is 0 Å². The molecule has 0 rings (SSSR count). The molecule has 55 heavy (non-hydrogen) atoms. The van der Waals surface area contributed by atoms with Gasteiger partial charge in [-0.1, -0.05) is 173 Å². The molecular weight excluding hydrogens is 719 g/mol. The molecule has 3 N–H and O–H groups in total. The van der Waals surface area contributed by atoms with Crippen LogP contribution >= 0.6 is 7.82 Å². The number of hydrogen-bond acceptors (Lipinski definition) is 9. The largest absolute Gasteiger partial charge is 0.472 e. The zero-order valence-electron chi connectivity index (χ0n) is 35.2. The highest BCUT2D eigenvalue weighted by Gasteiger charge is 2.27. The van der Waals surface area contributed by atoms with E-state index in [1.165, 1.54) is 116 Å². The van der Waals surface area contributed by atoms with Gasteiger partial charge in [0.15, 0.2) is 6.10 Å². The van der Waals surface area contributed by atoms with E-state index < -0.39 is 51.8 Å². The molecule has 0 fully saturated rings. The van der Waals surface area contributed by atoms with E-state index >= 15 is 0 Å². The van der Waals surface area contributed by atoms with Crippen LogP contribution in [0.25, 0.3) is 0 Å². The summed E-state index contributed by atoms with van der Waals surface area (Å²) >= 11 is 0. The highest BCUT2D eigenvalue weighted by molar-refractivity contribution is 7.47. The number of phosphoric ester groups is 1. The fourth-order valence-corrected chi connectivity index (χ4v) is 6.93. The van der Waals surface area contributed by atoms with E-state index in [1.54, 1.807) is 0 Å². The van der Waals surface area contributed by atoms with Crippen molar-refractivity contribution in [2.75, 3.05) is 26.4 Å². The Kier molecular flexibility index (Phi) is 39.5. The Balaban J connectivity index is 4.23. The number of rotatable bonds is 42. The molecule has 3 atom stereocenters. The van der Waals surface area contributed by atoms with Gasteiger partial charge < -0.3 is 24.6 Å². The highest BCUT2D eigenvalue weighted by atomic mass is 31.2.